The Labute approximate surface area is 126 Å². The Bertz CT molecular complexity index is 573. The second-order valence-electron chi connectivity index (χ2n) is 6.56. The molecule has 0 unspecified atom stereocenters. The molecule has 4 rings (SSSR count). The van der Waals surface area contributed by atoms with Crippen LogP contribution in [0.25, 0.3) is 0 Å². The summed E-state index contributed by atoms with van der Waals surface area (Å²) in [5.41, 5.74) is 4.12. The Morgan fingerprint density at radius 2 is 1.85 bits per heavy atom. The van der Waals surface area contributed by atoms with E-state index in [0.29, 0.717) is 6.04 Å². The zero-order valence-electron chi connectivity index (χ0n) is 11.8. The molecule has 2 aliphatic carbocycles. The first-order valence-electron chi connectivity index (χ1n) is 7.83. The summed E-state index contributed by atoms with van der Waals surface area (Å²) in [5, 5.41) is 3.74. The van der Waals surface area contributed by atoms with Crippen molar-refractivity contribution in [3.63, 3.8) is 0 Å². The Balaban J connectivity index is 1.44. The first-order chi connectivity index (χ1) is 9.85. The second-order valence-corrected chi connectivity index (χ2v) is 7.67. The molecule has 1 spiro atoms. The summed E-state index contributed by atoms with van der Waals surface area (Å²) >= 11 is 0.0700. The third kappa shape index (κ3) is 2.29. The molecular formula is C16H21N3Se. The van der Waals surface area contributed by atoms with Crippen LogP contribution in [0, 0.1) is 5.41 Å². The molecule has 1 aromatic carbocycles. The van der Waals surface area contributed by atoms with E-state index in [9.17, 15) is 0 Å². The average Bonchev–Trinajstić information content (AvgIpc) is 3.12. The number of fused-ring (bicyclic) bond motifs is 1. The molecule has 0 amide bonds. The van der Waals surface area contributed by atoms with Gasteiger partial charge in [0, 0.05) is 0 Å². The number of hydrogen-bond acceptors (Lipinski definition) is 3. The molecule has 0 atom stereocenters. The fourth-order valence-corrected chi connectivity index (χ4v) is 5.30. The van der Waals surface area contributed by atoms with Crippen molar-refractivity contribution in [2.45, 2.75) is 57.4 Å². The molecule has 4 heteroatoms. The first-order valence-corrected chi connectivity index (χ1v) is 9.36. The van der Waals surface area contributed by atoms with Crippen molar-refractivity contribution in [1.82, 2.24) is 0 Å². The molecule has 2 fully saturated rings. The minimum atomic E-state index is 0.0700. The van der Waals surface area contributed by atoms with Crippen LogP contribution >= 0.6 is 0 Å². The van der Waals surface area contributed by atoms with Gasteiger partial charge >= 0.3 is 126 Å². The first kappa shape index (κ1) is 12.8. The van der Waals surface area contributed by atoms with Crippen molar-refractivity contribution >= 4 is 31.6 Å². The van der Waals surface area contributed by atoms with Gasteiger partial charge in [-0.25, -0.2) is 0 Å². The standard InChI is InChI=1S/C16H21N3Se/c1-2-9-16(8-1)10-6-12(7-11-16)17-13-4-3-5-14-15(13)19-20-18-14/h3-5,12,17H,1-2,6-11H2. The van der Waals surface area contributed by atoms with Gasteiger partial charge in [-0.2, -0.15) is 0 Å². The van der Waals surface area contributed by atoms with Gasteiger partial charge in [0.15, 0.2) is 0 Å². The minimum absolute atomic E-state index is 0.0700. The summed E-state index contributed by atoms with van der Waals surface area (Å²) in [6.45, 7) is 0. The van der Waals surface area contributed by atoms with E-state index in [2.05, 4.69) is 31.4 Å². The Morgan fingerprint density at radius 1 is 1.05 bits per heavy atom. The van der Waals surface area contributed by atoms with Crippen LogP contribution in [0.2, 0.25) is 0 Å². The van der Waals surface area contributed by atoms with E-state index in [0.717, 1.165) is 16.8 Å². The Morgan fingerprint density at radius 3 is 2.65 bits per heavy atom. The predicted molar refractivity (Wildman–Crippen MR) is 83.2 cm³/mol. The number of nitrogens with one attached hydrogen (secondary N) is 1. The van der Waals surface area contributed by atoms with E-state index in [4.69, 9.17) is 0 Å². The number of benzene rings is 1. The monoisotopic (exact) mass is 335 g/mol. The van der Waals surface area contributed by atoms with Gasteiger partial charge in [0.2, 0.25) is 0 Å². The van der Waals surface area contributed by atoms with Crippen LogP contribution in [0.5, 0.6) is 0 Å². The summed E-state index contributed by atoms with van der Waals surface area (Å²) in [5.74, 6) is 0. The fourth-order valence-electron chi connectivity index (χ4n) is 4.14. The summed E-state index contributed by atoms with van der Waals surface area (Å²) in [6.07, 6.45) is 11.4. The molecule has 1 N–H and O–H groups in total. The van der Waals surface area contributed by atoms with Crippen LogP contribution in [0.3, 0.4) is 0 Å². The maximum absolute atomic E-state index is 4.57. The van der Waals surface area contributed by atoms with Gasteiger partial charge in [0.1, 0.15) is 0 Å². The van der Waals surface area contributed by atoms with Crippen molar-refractivity contribution in [3.8, 4) is 0 Å². The molecule has 3 aliphatic rings. The number of hydrogen-bond donors (Lipinski definition) is 1. The van der Waals surface area contributed by atoms with Crippen molar-refractivity contribution in [2.75, 3.05) is 5.32 Å². The number of nitrogens with zero attached hydrogens (tertiary/aromatic N) is 2. The van der Waals surface area contributed by atoms with Gasteiger partial charge in [-0.15, -0.1) is 0 Å². The summed E-state index contributed by atoms with van der Waals surface area (Å²) in [7, 11) is 0. The van der Waals surface area contributed by atoms with Crippen molar-refractivity contribution in [3.05, 3.63) is 18.2 Å². The third-order valence-electron chi connectivity index (χ3n) is 5.36. The van der Waals surface area contributed by atoms with Crippen molar-refractivity contribution in [1.29, 1.82) is 0 Å². The molecule has 20 heavy (non-hydrogen) atoms. The molecule has 1 heterocycles. The summed E-state index contributed by atoms with van der Waals surface area (Å²) in [4.78, 5) is 0. The van der Waals surface area contributed by atoms with E-state index in [1.54, 1.807) is 0 Å². The summed E-state index contributed by atoms with van der Waals surface area (Å²) < 4.78 is 9.04. The Hall–Kier alpha value is -0.861. The topological polar surface area (TPSA) is 36.8 Å². The molecule has 2 saturated carbocycles. The average molecular weight is 334 g/mol. The van der Waals surface area contributed by atoms with E-state index in [1.807, 2.05) is 0 Å². The maximum atomic E-state index is 4.57. The number of anilines is 1. The molecular weight excluding hydrogens is 313 g/mol. The van der Waals surface area contributed by atoms with Gasteiger partial charge in [0.25, 0.3) is 0 Å². The van der Waals surface area contributed by atoms with E-state index in [-0.39, 0.29) is 14.6 Å². The molecule has 0 saturated heterocycles. The normalized spacial score (nSPS) is 23.8. The van der Waals surface area contributed by atoms with Crippen LogP contribution in [0.15, 0.2) is 26.1 Å². The molecule has 1 aromatic rings. The third-order valence-corrected chi connectivity index (χ3v) is 6.49. The zero-order chi connectivity index (χ0) is 13.4. The molecule has 3 nitrogen and oxygen atoms in total. The predicted octanol–water partition coefficient (Wildman–Crippen LogP) is 4.95. The van der Waals surface area contributed by atoms with Gasteiger partial charge in [0.05, 0.1) is 0 Å². The van der Waals surface area contributed by atoms with Crippen LogP contribution in [-0.2, 0) is 0 Å². The van der Waals surface area contributed by atoms with Crippen molar-refractivity contribution < 1.29 is 0 Å². The summed E-state index contributed by atoms with van der Waals surface area (Å²) in [6, 6.07) is 6.98. The SMILES string of the molecule is c1cc2c(c(NC3CCC4(CCCC4)CC3)c1)N=[Se]=N2. The van der Waals surface area contributed by atoms with Crippen LogP contribution < -0.4 is 5.32 Å². The second kappa shape index (κ2) is 5.16. The Kier molecular flexibility index (Phi) is 3.31. The molecule has 106 valence electrons. The number of rotatable bonds is 2. The van der Waals surface area contributed by atoms with E-state index in [1.165, 1.54) is 57.1 Å². The van der Waals surface area contributed by atoms with Gasteiger partial charge < -0.3 is 0 Å². The van der Waals surface area contributed by atoms with Gasteiger partial charge in [-0.1, -0.05) is 0 Å². The van der Waals surface area contributed by atoms with Crippen LogP contribution in [0.1, 0.15) is 51.4 Å². The zero-order valence-corrected chi connectivity index (χ0v) is 13.5. The fraction of sp³-hybridized carbons (Fsp3) is 0.625. The van der Waals surface area contributed by atoms with Crippen LogP contribution in [0.4, 0.5) is 17.1 Å². The quantitative estimate of drug-likeness (QED) is 0.775. The molecule has 0 aromatic heterocycles. The van der Waals surface area contributed by atoms with Crippen LogP contribution in [-0.4, -0.2) is 20.6 Å². The van der Waals surface area contributed by atoms with E-state index < -0.39 is 0 Å². The van der Waals surface area contributed by atoms with Crippen molar-refractivity contribution in [2.24, 2.45) is 13.3 Å². The molecule has 0 radical (unpaired) electrons. The molecule has 0 bridgehead atoms. The molecule has 1 aliphatic heterocycles. The van der Waals surface area contributed by atoms with Gasteiger partial charge in [-0.05, 0) is 0 Å². The van der Waals surface area contributed by atoms with E-state index >= 15 is 0 Å². The van der Waals surface area contributed by atoms with Gasteiger partial charge in [-0.3, -0.25) is 0 Å².